The van der Waals surface area contributed by atoms with Crippen molar-refractivity contribution in [2.75, 3.05) is 11.9 Å². The fourth-order valence-corrected chi connectivity index (χ4v) is 3.67. The molecular weight excluding hydrogens is 412 g/mol. The maximum Gasteiger partial charge on any atom is 0.411 e. The van der Waals surface area contributed by atoms with Crippen LogP contribution in [0.3, 0.4) is 0 Å². The first kappa shape index (κ1) is 20.7. The molecule has 0 unspecified atom stereocenters. The Kier molecular flexibility index (Phi) is 6.05. The van der Waals surface area contributed by atoms with Crippen LogP contribution in [0.2, 0.25) is 5.02 Å². The molecule has 0 saturated carbocycles. The number of carbonyl (C=O) groups is 1. The number of fused-ring (bicyclic) bond motifs is 1. The number of aryl methyl sites for hydroxylation is 1. The van der Waals surface area contributed by atoms with Crippen molar-refractivity contribution >= 4 is 34.3 Å². The Morgan fingerprint density at radius 2 is 1.77 bits per heavy atom. The van der Waals surface area contributed by atoms with Crippen LogP contribution in [0.4, 0.5) is 10.5 Å². The van der Waals surface area contributed by atoms with Crippen molar-refractivity contribution in [3.8, 4) is 22.6 Å². The van der Waals surface area contributed by atoms with E-state index in [1.54, 1.807) is 19.1 Å². The van der Waals surface area contributed by atoms with Crippen LogP contribution in [-0.2, 0) is 4.74 Å². The summed E-state index contributed by atoms with van der Waals surface area (Å²) in [7, 11) is 0. The molecule has 31 heavy (non-hydrogen) atoms. The van der Waals surface area contributed by atoms with Crippen LogP contribution in [0.1, 0.15) is 12.5 Å². The number of hydrogen-bond donors (Lipinski definition) is 1. The van der Waals surface area contributed by atoms with E-state index in [-0.39, 0.29) is 0 Å². The number of pyridine rings is 1. The topological polar surface area (TPSA) is 60.5 Å². The summed E-state index contributed by atoms with van der Waals surface area (Å²) >= 11 is 6.35. The number of nitrogens with one attached hydrogen (secondary N) is 1. The van der Waals surface area contributed by atoms with E-state index in [4.69, 9.17) is 21.1 Å². The Labute approximate surface area is 185 Å². The van der Waals surface area contributed by atoms with Gasteiger partial charge >= 0.3 is 6.09 Å². The summed E-state index contributed by atoms with van der Waals surface area (Å²) in [5.74, 6) is 1.28. The number of rotatable bonds is 5. The van der Waals surface area contributed by atoms with Crippen LogP contribution in [-0.4, -0.2) is 17.7 Å². The number of anilines is 1. The maximum absolute atomic E-state index is 11.7. The minimum absolute atomic E-state index is 0.309. The Hall–Kier alpha value is -3.57. The largest absolute Gasteiger partial charge is 0.457 e. The normalized spacial score (nSPS) is 10.7. The summed E-state index contributed by atoms with van der Waals surface area (Å²) in [4.78, 5) is 16.2. The van der Waals surface area contributed by atoms with Gasteiger partial charge in [0.05, 0.1) is 17.1 Å². The van der Waals surface area contributed by atoms with Crippen LogP contribution >= 0.6 is 11.6 Å². The van der Waals surface area contributed by atoms with Crippen LogP contribution in [0.25, 0.3) is 22.0 Å². The molecule has 0 aliphatic rings. The third kappa shape index (κ3) is 4.62. The van der Waals surface area contributed by atoms with Gasteiger partial charge in [-0.2, -0.15) is 0 Å². The van der Waals surface area contributed by atoms with E-state index < -0.39 is 6.09 Å². The van der Waals surface area contributed by atoms with Crippen LogP contribution in [0.5, 0.6) is 11.5 Å². The van der Waals surface area contributed by atoms with Gasteiger partial charge in [0, 0.05) is 23.3 Å². The van der Waals surface area contributed by atoms with Crippen molar-refractivity contribution in [3.05, 3.63) is 83.5 Å². The van der Waals surface area contributed by atoms with E-state index in [9.17, 15) is 4.79 Å². The van der Waals surface area contributed by atoms with Gasteiger partial charge in [0.1, 0.15) is 11.5 Å². The molecule has 0 atom stereocenters. The Balaban J connectivity index is 1.65. The number of carbonyl (C=O) groups excluding carboxylic acids is 1. The van der Waals surface area contributed by atoms with Gasteiger partial charge in [0.15, 0.2) is 0 Å². The maximum atomic E-state index is 11.7. The minimum Gasteiger partial charge on any atom is -0.457 e. The first-order valence-electron chi connectivity index (χ1n) is 9.91. The number of hydrogen-bond acceptors (Lipinski definition) is 4. The smallest absolute Gasteiger partial charge is 0.411 e. The number of ether oxygens (including phenoxy) is 2. The van der Waals surface area contributed by atoms with Crippen molar-refractivity contribution in [1.29, 1.82) is 0 Å². The molecule has 5 nitrogen and oxygen atoms in total. The van der Waals surface area contributed by atoms with Gasteiger partial charge in [-0.25, -0.2) is 4.79 Å². The third-order valence-corrected chi connectivity index (χ3v) is 5.06. The molecule has 1 heterocycles. The first-order chi connectivity index (χ1) is 15.0. The average molecular weight is 433 g/mol. The number of nitrogens with zero attached hydrogens (tertiary/aromatic N) is 1. The zero-order valence-electron chi connectivity index (χ0n) is 17.2. The molecule has 0 spiro atoms. The van der Waals surface area contributed by atoms with E-state index in [1.807, 2.05) is 67.7 Å². The second kappa shape index (κ2) is 9.06. The molecule has 0 fully saturated rings. The standard InChI is InChI=1S/C25H21ClN2O3/c1-3-30-25(29)28-18-8-5-10-20(14-18)31-19-9-4-7-17(13-19)23-16(2)15-27-24-21(23)11-6-12-22(24)26/h4-15H,3H2,1-2H3,(H,28,29). The second-order valence-electron chi connectivity index (χ2n) is 6.96. The molecule has 1 N–H and O–H groups in total. The molecule has 0 radical (unpaired) electrons. The molecule has 0 saturated heterocycles. The minimum atomic E-state index is -0.500. The number of amides is 1. The molecule has 0 aliphatic carbocycles. The van der Waals surface area contributed by atoms with Gasteiger partial charge in [-0.3, -0.25) is 10.3 Å². The van der Waals surface area contributed by atoms with Gasteiger partial charge in [-0.1, -0.05) is 41.9 Å². The Morgan fingerprint density at radius 3 is 2.58 bits per heavy atom. The summed E-state index contributed by atoms with van der Waals surface area (Å²) in [6, 6.07) is 20.8. The first-order valence-corrected chi connectivity index (χ1v) is 10.3. The van der Waals surface area contributed by atoms with Gasteiger partial charge in [0.25, 0.3) is 0 Å². The zero-order chi connectivity index (χ0) is 21.8. The summed E-state index contributed by atoms with van der Waals surface area (Å²) in [6.45, 7) is 4.09. The van der Waals surface area contributed by atoms with E-state index in [1.165, 1.54) is 0 Å². The summed E-state index contributed by atoms with van der Waals surface area (Å²) < 4.78 is 11.0. The quantitative estimate of drug-likeness (QED) is 0.361. The Bertz CT molecular complexity index is 1260. The molecule has 0 aliphatic heterocycles. The van der Waals surface area contributed by atoms with Gasteiger partial charge in [-0.05, 0) is 60.9 Å². The highest BCUT2D eigenvalue weighted by Gasteiger charge is 2.12. The predicted octanol–water partition coefficient (Wildman–Crippen LogP) is 7.22. The molecule has 4 rings (SSSR count). The van der Waals surface area contributed by atoms with Crippen molar-refractivity contribution in [2.45, 2.75) is 13.8 Å². The van der Waals surface area contributed by atoms with Crippen LogP contribution < -0.4 is 10.1 Å². The van der Waals surface area contributed by atoms with Gasteiger partial charge < -0.3 is 9.47 Å². The molecule has 1 amide bonds. The highest BCUT2D eigenvalue weighted by atomic mass is 35.5. The van der Waals surface area contributed by atoms with Crippen molar-refractivity contribution in [2.24, 2.45) is 0 Å². The average Bonchev–Trinajstić information content (AvgIpc) is 2.74. The number of aromatic nitrogens is 1. The van der Waals surface area contributed by atoms with Crippen molar-refractivity contribution in [3.63, 3.8) is 0 Å². The summed E-state index contributed by atoms with van der Waals surface area (Å²) in [5.41, 5.74) is 4.49. The number of para-hydroxylation sites is 1. The van der Waals surface area contributed by atoms with Crippen LogP contribution in [0.15, 0.2) is 72.9 Å². The molecule has 3 aromatic carbocycles. The van der Waals surface area contributed by atoms with E-state index in [2.05, 4.69) is 10.3 Å². The SMILES string of the molecule is CCOC(=O)Nc1cccc(Oc2cccc(-c3c(C)cnc4c(Cl)cccc34)c2)c1. The lowest BCUT2D eigenvalue weighted by molar-refractivity contribution is 0.168. The molecule has 156 valence electrons. The fraction of sp³-hybridized carbons (Fsp3) is 0.120. The number of benzene rings is 3. The summed E-state index contributed by atoms with van der Waals surface area (Å²) in [6.07, 6.45) is 1.34. The monoisotopic (exact) mass is 432 g/mol. The van der Waals surface area contributed by atoms with Gasteiger partial charge in [0.2, 0.25) is 0 Å². The van der Waals surface area contributed by atoms with Gasteiger partial charge in [-0.15, -0.1) is 0 Å². The van der Waals surface area contributed by atoms with Crippen molar-refractivity contribution < 1.29 is 14.3 Å². The Morgan fingerprint density at radius 1 is 1.03 bits per heavy atom. The third-order valence-electron chi connectivity index (χ3n) is 4.75. The highest BCUT2D eigenvalue weighted by molar-refractivity contribution is 6.35. The molecule has 4 aromatic rings. The fourth-order valence-electron chi connectivity index (χ4n) is 3.44. The summed E-state index contributed by atoms with van der Waals surface area (Å²) in [5, 5.41) is 4.29. The zero-order valence-corrected chi connectivity index (χ0v) is 17.9. The molecule has 1 aromatic heterocycles. The second-order valence-corrected chi connectivity index (χ2v) is 7.36. The lowest BCUT2D eigenvalue weighted by atomic mass is 9.97. The van der Waals surface area contributed by atoms with E-state index >= 15 is 0 Å². The lowest BCUT2D eigenvalue weighted by Crippen LogP contribution is -2.13. The number of halogens is 1. The molecule has 6 heteroatoms. The molecule has 0 bridgehead atoms. The lowest BCUT2D eigenvalue weighted by Gasteiger charge is -2.13. The van der Waals surface area contributed by atoms with Crippen molar-refractivity contribution in [1.82, 2.24) is 4.98 Å². The van der Waals surface area contributed by atoms with E-state index in [0.717, 1.165) is 27.6 Å². The highest BCUT2D eigenvalue weighted by Crippen LogP contribution is 2.35. The molecular formula is C25H21ClN2O3. The predicted molar refractivity (Wildman–Crippen MR) is 124 cm³/mol. The van der Waals surface area contributed by atoms with E-state index in [0.29, 0.717) is 28.8 Å². The van der Waals surface area contributed by atoms with Crippen LogP contribution in [0, 0.1) is 6.92 Å².